The predicted molar refractivity (Wildman–Crippen MR) is 293 cm³/mol. The van der Waals surface area contributed by atoms with E-state index in [4.69, 9.17) is 9.47 Å². The van der Waals surface area contributed by atoms with Crippen molar-refractivity contribution in [2.24, 2.45) is 0 Å². The number of hydrogen-bond donors (Lipinski definition) is 0. The number of para-hydroxylation sites is 3. The molecule has 0 saturated carbocycles. The van der Waals surface area contributed by atoms with Gasteiger partial charge in [-0.2, -0.15) is 0 Å². The first-order valence-corrected chi connectivity index (χ1v) is 27.6. The third-order valence-corrected chi connectivity index (χ3v) is 17.5. The van der Waals surface area contributed by atoms with E-state index in [1.165, 1.54) is 121 Å². The monoisotopic (exact) mass is 937 g/mol. The van der Waals surface area contributed by atoms with Crippen LogP contribution in [0.1, 0.15) is 132 Å². The first kappa shape index (κ1) is 49.4. The van der Waals surface area contributed by atoms with E-state index in [0.29, 0.717) is 36.0 Å². The van der Waals surface area contributed by atoms with Crippen LogP contribution in [-0.2, 0) is 11.2 Å². The van der Waals surface area contributed by atoms with Crippen molar-refractivity contribution in [3.8, 4) is 5.75 Å². The van der Waals surface area contributed by atoms with Gasteiger partial charge in [0.25, 0.3) is 0 Å². The van der Waals surface area contributed by atoms with Gasteiger partial charge in [-0.25, -0.2) is 0 Å². The highest BCUT2D eigenvalue weighted by molar-refractivity contribution is 5.81. The van der Waals surface area contributed by atoms with Gasteiger partial charge in [-0.3, -0.25) is 0 Å². The molecule has 10 heteroatoms. The maximum atomic E-state index is 5.79. The minimum atomic E-state index is 0. The number of hydrogen-bond acceptors (Lipinski definition) is 10. The number of benzene rings is 3. The van der Waals surface area contributed by atoms with Gasteiger partial charge in [0.15, 0.2) is 0 Å². The molecule has 6 atom stereocenters. The molecule has 10 heterocycles. The molecular formula is C58H96N8O2. The van der Waals surface area contributed by atoms with Gasteiger partial charge in [0.1, 0.15) is 12.4 Å². The summed E-state index contributed by atoms with van der Waals surface area (Å²) in [6.45, 7) is 34.9. The molecule has 10 aliphatic heterocycles. The quantitative estimate of drug-likeness (QED) is 0.239. The molecule has 0 N–H and O–H groups in total. The Balaban J connectivity index is 0.000000159. The number of piperidine rings is 3. The molecule has 10 nitrogen and oxygen atoms in total. The van der Waals surface area contributed by atoms with Crippen molar-refractivity contribution < 1.29 is 13.8 Å². The second kappa shape index (κ2) is 21.8. The summed E-state index contributed by atoms with van der Waals surface area (Å²) in [7, 11) is 4.38. The molecule has 3 aromatic rings. The number of likely N-dealkylation sites (tertiary alicyclic amines) is 3. The summed E-state index contributed by atoms with van der Waals surface area (Å²) in [4.78, 5) is 20.8. The van der Waals surface area contributed by atoms with Gasteiger partial charge in [-0.1, -0.05) is 70.2 Å². The molecule has 4 saturated heterocycles. The fraction of sp³-hybridized carbons (Fsp3) is 0.690. The van der Waals surface area contributed by atoms with E-state index < -0.39 is 0 Å². The van der Waals surface area contributed by atoms with Gasteiger partial charge in [-0.15, -0.1) is 0 Å². The van der Waals surface area contributed by atoms with Crippen LogP contribution >= 0.6 is 0 Å². The van der Waals surface area contributed by atoms with Crippen LogP contribution in [0.4, 0.5) is 22.7 Å². The van der Waals surface area contributed by atoms with Crippen molar-refractivity contribution in [1.82, 2.24) is 19.6 Å². The minimum Gasteiger partial charge on any atom is -0.490 e. The Morgan fingerprint density at radius 3 is 1.79 bits per heavy atom. The average molecular weight is 937 g/mol. The second-order valence-electron chi connectivity index (χ2n) is 21.9. The van der Waals surface area contributed by atoms with Crippen LogP contribution in [0, 0.1) is 0 Å². The molecule has 0 spiro atoms. The fourth-order valence-corrected chi connectivity index (χ4v) is 13.8. The second-order valence-corrected chi connectivity index (χ2v) is 21.9. The van der Waals surface area contributed by atoms with Gasteiger partial charge in [0.05, 0.1) is 42.9 Å². The highest BCUT2D eigenvalue weighted by atomic mass is 16.5. The van der Waals surface area contributed by atoms with E-state index in [2.05, 4.69) is 149 Å². The first-order valence-electron chi connectivity index (χ1n) is 27.6. The van der Waals surface area contributed by atoms with Crippen molar-refractivity contribution in [3.05, 3.63) is 76.9 Å². The molecule has 0 amide bonds. The molecule has 0 aliphatic carbocycles. The Labute approximate surface area is 417 Å². The third-order valence-electron chi connectivity index (χ3n) is 17.5. The van der Waals surface area contributed by atoms with Crippen LogP contribution < -0.4 is 24.3 Å². The van der Waals surface area contributed by atoms with Crippen LogP contribution in [0.25, 0.3) is 0 Å². The molecular weight excluding hydrogens is 841 g/mol. The lowest BCUT2D eigenvalue weighted by Gasteiger charge is -2.46. The van der Waals surface area contributed by atoms with Crippen LogP contribution in [0.2, 0.25) is 0 Å². The molecule has 4 fully saturated rings. The summed E-state index contributed by atoms with van der Waals surface area (Å²) in [6.07, 6.45) is 7.83. The SMILES string of the molecule is CC.CC(C)N1CCC2C(C1)c1cccc3c1N2CCC3.CC(C)N1CC[C@H]2[C@@H](C1)c1cccc3c1N2CCN3C1COC1.CCCN(C)CC.CN1CCC2[C@H](C1)c1cccc3c1N2CCO3.[HH].[HH].[HH]. The largest absolute Gasteiger partial charge is 0.490 e. The number of nitrogens with zero attached hydrogens (tertiary/aromatic N) is 8. The summed E-state index contributed by atoms with van der Waals surface area (Å²) in [6, 6.07) is 24.8. The molecule has 13 rings (SSSR count). The molecule has 0 aromatic heterocycles. The van der Waals surface area contributed by atoms with E-state index in [1.807, 2.05) is 13.8 Å². The summed E-state index contributed by atoms with van der Waals surface area (Å²) < 4.78 is 11.2. The molecule has 380 valence electrons. The smallest absolute Gasteiger partial charge is 0.142 e. The Kier molecular flexibility index (Phi) is 15.9. The van der Waals surface area contributed by atoms with Crippen LogP contribution in [-0.4, -0.2) is 168 Å². The average Bonchev–Trinajstić information content (AvgIpc) is 3.98. The normalized spacial score (nSPS) is 27.4. The van der Waals surface area contributed by atoms with Gasteiger partial charge < -0.3 is 48.7 Å². The maximum absolute atomic E-state index is 5.79. The Morgan fingerprint density at radius 1 is 0.632 bits per heavy atom. The minimum absolute atomic E-state index is 0. The summed E-state index contributed by atoms with van der Waals surface area (Å²) in [5.74, 6) is 3.24. The third kappa shape index (κ3) is 9.52. The Bertz CT molecular complexity index is 2140. The molecule has 3 unspecified atom stereocenters. The van der Waals surface area contributed by atoms with Crippen molar-refractivity contribution in [1.29, 1.82) is 0 Å². The first-order chi connectivity index (χ1) is 33.1. The Hall–Kier alpha value is -3.54. The lowest BCUT2D eigenvalue weighted by Crippen LogP contribution is -2.56. The van der Waals surface area contributed by atoms with Gasteiger partial charge >= 0.3 is 0 Å². The summed E-state index contributed by atoms with van der Waals surface area (Å²) in [5, 5.41) is 0. The lowest BCUT2D eigenvalue weighted by molar-refractivity contribution is 0.00796. The number of likely N-dealkylation sites (N-methyl/N-ethyl adjacent to an activating group) is 1. The van der Waals surface area contributed by atoms with Gasteiger partial charge in [0, 0.05) is 110 Å². The van der Waals surface area contributed by atoms with E-state index in [0.717, 1.165) is 56.7 Å². The fourth-order valence-electron chi connectivity index (χ4n) is 13.8. The number of aryl methyl sites for hydroxylation is 1. The van der Waals surface area contributed by atoms with E-state index in [1.54, 1.807) is 28.1 Å². The van der Waals surface area contributed by atoms with Crippen molar-refractivity contribution in [2.45, 2.75) is 148 Å². The highest BCUT2D eigenvalue weighted by Gasteiger charge is 2.48. The topological polar surface area (TPSA) is 44.4 Å². The van der Waals surface area contributed by atoms with E-state index in [-0.39, 0.29) is 4.28 Å². The van der Waals surface area contributed by atoms with Crippen molar-refractivity contribution in [2.75, 3.05) is 132 Å². The lowest BCUT2D eigenvalue weighted by atomic mass is 9.88. The summed E-state index contributed by atoms with van der Waals surface area (Å²) in [5.41, 5.74) is 12.4. The zero-order chi connectivity index (χ0) is 47.6. The number of fused-ring (bicyclic) bond motifs is 9. The van der Waals surface area contributed by atoms with Gasteiger partial charge in [-0.05, 0) is 134 Å². The molecule has 68 heavy (non-hydrogen) atoms. The van der Waals surface area contributed by atoms with Gasteiger partial charge in [0.2, 0.25) is 0 Å². The zero-order valence-corrected chi connectivity index (χ0v) is 44.1. The highest BCUT2D eigenvalue weighted by Crippen LogP contribution is 2.53. The standard InChI is InChI=1S/C19H27N3O.C17H24N2.C14H18N2O.C6H15N.C2H6.3H2/c1-13(2)20-7-6-17-16(10-20)15-4-3-5-18-19(15)22(17)9-8-21(18)14-11-23-12-14;1-12(2)18-10-8-16-15(11-18)14-7-3-5-13-6-4-9-19(16)17(13)14;1-15-6-5-12-11(9-15)10-3-2-4-13-14(10)16(12)7-8-17-13;1-4-6-7(3)5-2;1-2;;;/h3-5,13-14,16-17H,6-12H2,1-2H3;3,5,7,12,15-16H,4,6,8-11H2,1-2H3;2-4,11-12H,5-9H2,1H3;4-6H2,1-3H3;1-2H3;3*1H/t16-,17-;;11-,12?;;;;;/m0.1...../s1. The molecule has 3 aromatic carbocycles. The van der Waals surface area contributed by atoms with Crippen molar-refractivity contribution in [3.63, 3.8) is 0 Å². The number of rotatable bonds is 6. The van der Waals surface area contributed by atoms with Crippen molar-refractivity contribution >= 4 is 22.7 Å². The molecule has 0 radical (unpaired) electrons. The van der Waals surface area contributed by atoms with E-state index >= 15 is 0 Å². The number of anilines is 4. The Morgan fingerprint density at radius 2 is 1.19 bits per heavy atom. The van der Waals surface area contributed by atoms with Crippen LogP contribution in [0.5, 0.6) is 5.75 Å². The molecule has 10 aliphatic rings. The van der Waals surface area contributed by atoms with Crippen LogP contribution in [0.3, 0.4) is 0 Å². The molecule has 0 bridgehead atoms. The zero-order valence-electron chi connectivity index (χ0n) is 44.1. The number of ether oxygens (including phenoxy) is 2. The van der Waals surface area contributed by atoms with Crippen LogP contribution in [0.15, 0.2) is 54.6 Å². The van der Waals surface area contributed by atoms with E-state index in [9.17, 15) is 0 Å². The summed E-state index contributed by atoms with van der Waals surface area (Å²) >= 11 is 0. The maximum Gasteiger partial charge on any atom is 0.142 e. The predicted octanol–water partition coefficient (Wildman–Crippen LogP) is 10.1.